The highest BCUT2D eigenvalue weighted by atomic mass is 16.5. The molecule has 7 heteroatoms. The van der Waals surface area contributed by atoms with Crippen molar-refractivity contribution >= 4 is 11.6 Å². The Hall–Kier alpha value is -2.93. The van der Waals surface area contributed by atoms with Crippen LogP contribution in [-0.4, -0.2) is 57.4 Å². The Balaban J connectivity index is 1.94. The number of carbonyl (C=O) groups is 1. The first-order valence-corrected chi connectivity index (χ1v) is 10.3. The predicted octanol–water partition coefficient (Wildman–Crippen LogP) is 3.83. The molecule has 2 rings (SSSR count). The third kappa shape index (κ3) is 7.15. The number of benzene rings is 2. The van der Waals surface area contributed by atoms with Crippen molar-refractivity contribution in [2.75, 3.05) is 51.9 Å². The fraction of sp³-hybridized carbons (Fsp3) is 0.435. The summed E-state index contributed by atoms with van der Waals surface area (Å²) in [6, 6.07) is 12.6. The van der Waals surface area contributed by atoms with Crippen molar-refractivity contribution in [1.82, 2.24) is 4.90 Å². The van der Waals surface area contributed by atoms with Gasteiger partial charge < -0.3 is 29.2 Å². The molecule has 0 saturated heterocycles. The van der Waals surface area contributed by atoms with E-state index < -0.39 is 0 Å². The number of hydrogen-bond acceptors (Lipinski definition) is 6. The predicted molar refractivity (Wildman–Crippen MR) is 118 cm³/mol. The summed E-state index contributed by atoms with van der Waals surface area (Å²) in [6.07, 6.45) is 0. The van der Waals surface area contributed by atoms with E-state index in [0.29, 0.717) is 41.9 Å². The van der Waals surface area contributed by atoms with Crippen molar-refractivity contribution in [3.63, 3.8) is 0 Å². The first-order valence-electron chi connectivity index (χ1n) is 10.3. The molecule has 0 aromatic heterocycles. The molecular formula is C23H32N2O5. The fourth-order valence-electron chi connectivity index (χ4n) is 2.88. The topological polar surface area (TPSA) is 69.3 Å². The van der Waals surface area contributed by atoms with E-state index in [1.165, 1.54) is 0 Å². The SMILES string of the molecule is CCOc1ccccc1OCC(=O)Nc1ccc(OC)c(OCCN(CC)CC)c1. The minimum Gasteiger partial charge on any atom is -0.493 e. The number of hydrogen-bond donors (Lipinski definition) is 1. The Morgan fingerprint density at radius 2 is 1.60 bits per heavy atom. The second-order valence-corrected chi connectivity index (χ2v) is 6.46. The van der Waals surface area contributed by atoms with Crippen molar-refractivity contribution in [2.24, 2.45) is 0 Å². The maximum atomic E-state index is 12.3. The number of methoxy groups -OCH3 is 1. The van der Waals surface area contributed by atoms with Crippen molar-refractivity contribution < 1.29 is 23.7 Å². The Bertz CT molecular complexity index is 793. The molecule has 30 heavy (non-hydrogen) atoms. The molecule has 0 fully saturated rings. The van der Waals surface area contributed by atoms with E-state index in [-0.39, 0.29) is 12.5 Å². The first kappa shape index (κ1) is 23.3. The number of para-hydroxylation sites is 2. The lowest BCUT2D eigenvalue weighted by molar-refractivity contribution is -0.118. The minimum absolute atomic E-state index is 0.131. The summed E-state index contributed by atoms with van der Waals surface area (Å²) in [6.45, 7) is 9.83. The van der Waals surface area contributed by atoms with E-state index in [0.717, 1.165) is 19.6 Å². The highest BCUT2D eigenvalue weighted by Crippen LogP contribution is 2.30. The zero-order chi connectivity index (χ0) is 21.8. The molecule has 164 valence electrons. The summed E-state index contributed by atoms with van der Waals surface area (Å²) in [5, 5.41) is 2.83. The van der Waals surface area contributed by atoms with Gasteiger partial charge >= 0.3 is 0 Å². The molecule has 0 saturated carbocycles. The molecule has 1 N–H and O–H groups in total. The van der Waals surface area contributed by atoms with Gasteiger partial charge in [0.1, 0.15) is 6.61 Å². The molecule has 0 radical (unpaired) electrons. The monoisotopic (exact) mass is 416 g/mol. The average Bonchev–Trinajstić information content (AvgIpc) is 2.76. The van der Waals surface area contributed by atoms with Crippen molar-refractivity contribution in [3.05, 3.63) is 42.5 Å². The number of carbonyl (C=O) groups excluding carboxylic acids is 1. The number of amides is 1. The molecule has 0 atom stereocenters. The van der Waals surface area contributed by atoms with Gasteiger partial charge in [-0.05, 0) is 44.3 Å². The maximum Gasteiger partial charge on any atom is 0.262 e. The molecule has 0 bridgehead atoms. The number of nitrogens with one attached hydrogen (secondary N) is 1. The molecule has 2 aromatic carbocycles. The van der Waals surface area contributed by atoms with Crippen LogP contribution in [-0.2, 0) is 4.79 Å². The molecule has 0 unspecified atom stereocenters. The van der Waals surface area contributed by atoms with Gasteiger partial charge in [0, 0.05) is 18.3 Å². The zero-order valence-corrected chi connectivity index (χ0v) is 18.3. The number of anilines is 1. The summed E-state index contributed by atoms with van der Waals surface area (Å²) in [5.41, 5.74) is 0.611. The van der Waals surface area contributed by atoms with Crippen LogP contribution >= 0.6 is 0 Å². The van der Waals surface area contributed by atoms with Crippen LogP contribution in [0.4, 0.5) is 5.69 Å². The van der Waals surface area contributed by atoms with Crippen LogP contribution in [0.25, 0.3) is 0 Å². The second-order valence-electron chi connectivity index (χ2n) is 6.46. The summed E-state index contributed by atoms with van der Waals surface area (Å²) in [7, 11) is 1.59. The van der Waals surface area contributed by atoms with Gasteiger partial charge in [-0.2, -0.15) is 0 Å². The van der Waals surface area contributed by atoms with Gasteiger partial charge in [0.2, 0.25) is 0 Å². The van der Waals surface area contributed by atoms with E-state index in [2.05, 4.69) is 24.1 Å². The summed E-state index contributed by atoms with van der Waals surface area (Å²) >= 11 is 0. The molecule has 0 aliphatic heterocycles. The van der Waals surface area contributed by atoms with Crippen molar-refractivity contribution in [3.8, 4) is 23.0 Å². The van der Waals surface area contributed by atoms with Crippen LogP contribution < -0.4 is 24.3 Å². The summed E-state index contributed by atoms with van der Waals surface area (Å²) < 4.78 is 22.4. The van der Waals surface area contributed by atoms with Gasteiger partial charge in [0.25, 0.3) is 5.91 Å². The van der Waals surface area contributed by atoms with Crippen LogP contribution in [0.15, 0.2) is 42.5 Å². The Labute approximate surface area is 178 Å². The third-order valence-electron chi connectivity index (χ3n) is 4.51. The quantitative estimate of drug-likeness (QED) is 0.535. The Morgan fingerprint density at radius 3 is 2.23 bits per heavy atom. The number of nitrogens with zero attached hydrogens (tertiary/aromatic N) is 1. The summed E-state index contributed by atoms with van der Waals surface area (Å²) in [5.74, 6) is 2.07. The van der Waals surface area contributed by atoms with E-state index in [1.54, 1.807) is 31.4 Å². The molecule has 2 aromatic rings. The molecular weight excluding hydrogens is 384 g/mol. The average molecular weight is 417 g/mol. The lowest BCUT2D eigenvalue weighted by Crippen LogP contribution is -2.28. The maximum absolute atomic E-state index is 12.3. The smallest absolute Gasteiger partial charge is 0.262 e. The van der Waals surface area contributed by atoms with E-state index in [9.17, 15) is 4.79 Å². The van der Waals surface area contributed by atoms with Gasteiger partial charge in [-0.15, -0.1) is 0 Å². The van der Waals surface area contributed by atoms with E-state index >= 15 is 0 Å². The molecule has 0 heterocycles. The number of rotatable bonds is 13. The standard InChI is InChI=1S/C23H32N2O5/c1-5-25(6-2)14-15-29-22-16-18(12-13-19(22)27-4)24-23(26)17-30-21-11-9-8-10-20(21)28-7-3/h8-13,16H,5-7,14-15,17H2,1-4H3,(H,24,26). The van der Waals surface area contributed by atoms with Gasteiger partial charge in [0.15, 0.2) is 29.6 Å². The highest BCUT2D eigenvalue weighted by molar-refractivity contribution is 5.92. The molecule has 7 nitrogen and oxygen atoms in total. The highest BCUT2D eigenvalue weighted by Gasteiger charge is 2.11. The first-order chi connectivity index (χ1) is 14.6. The second kappa shape index (κ2) is 12.6. The number of ether oxygens (including phenoxy) is 4. The molecule has 0 aliphatic carbocycles. The van der Waals surface area contributed by atoms with Gasteiger partial charge in [-0.1, -0.05) is 26.0 Å². The molecule has 1 amide bonds. The molecule has 0 aliphatic rings. The zero-order valence-electron chi connectivity index (χ0n) is 18.3. The van der Waals surface area contributed by atoms with E-state index in [1.807, 2.05) is 25.1 Å². The van der Waals surface area contributed by atoms with Gasteiger partial charge in [-0.25, -0.2) is 0 Å². The van der Waals surface area contributed by atoms with Crippen LogP contribution in [0.1, 0.15) is 20.8 Å². The third-order valence-corrected chi connectivity index (χ3v) is 4.51. The van der Waals surface area contributed by atoms with Crippen LogP contribution in [0.5, 0.6) is 23.0 Å². The van der Waals surface area contributed by atoms with Gasteiger partial charge in [0.05, 0.1) is 13.7 Å². The Morgan fingerprint density at radius 1 is 0.900 bits per heavy atom. The van der Waals surface area contributed by atoms with Crippen LogP contribution in [0.2, 0.25) is 0 Å². The normalized spacial score (nSPS) is 10.6. The number of likely N-dealkylation sites (N-methyl/N-ethyl adjacent to an activating group) is 1. The largest absolute Gasteiger partial charge is 0.493 e. The lowest BCUT2D eigenvalue weighted by atomic mass is 10.2. The summed E-state index contributed by atoms with van der Waals surface area (Å²) in [4.78, 5) is 14.6. The van der Waals surface area contributed by atoms with Crippen LogP contribution in [0.3, 0.4) is 0 Å². The van der Waals surface area contributed by atoms with Crippen LogP contribution in [0, 0.1) is 0 Å². The van der Waals surface area contributed by atoms with E-state index in [4.69, 9.17) is 18.9 Å². The Kier molecular flexibility index (Phi) is 9.80. The van der Waals surface area contributed by atoms with Crippen molar-refractivity contribution in [2.45, 2.75) is 20.8 Å². The van der Waals surface area contributed by atoms with Gasteiger partial charge in [-0.3, -0.25) is 4.79 Å². The fourth-order valence-corrected chi connectivity index (χ4v) is 2.88. The lowest BCUT2D eigenvalue weighted by Gasteiger charge is -2.19. The molecule has 0 spiro atoms. The van der Waals surface area contributed by atoms with Crippen molar-refractivity contribution in [1.29, 1.82) is 0 Å². The minimum atomic E-state index is -0.277.